The highest BCUT2D eigenvalue weighted by Crippen LogP contribution is 2.32. The summed E-state index contributed by atoms with van der Waals surface area (Å²) in [6, 6.07) is 2.26. The van der Waals surface area contributed by atoms with Gasteiger partial charge in [-0.3, -0.25) is 4.79 Å². The quantitative estimate of drug-likeness (QED) is 0.544. The van der Waals surface area contributed by atoms with Crippen molar-refractivity contribution in [2.75, 3.05) is 0 Å². The molecule has 0 aliphatic rings. The first kappa shape index (κ1) is 12.0. The molecular formula is C12H10O6. The Hall–Kier alpha value is -2.50. The zero-order chi connectivity index (χ0) is 13.4. The molecule has 0 amide bonds. The van der Waals surface area contributed by atoms with E-state index in [0.717, 1.165) is 6.07 Å². The second-order valence-corrected chi connectivity index (χ2v) is 3.90. The van der Waals surface area contributed by atoms with E-state index in [1.54, 1.807) is 0 Å². The summed E-state index contributed by atoms with van der Waals surface area (Å²) in [4.78, 5) is 22.3. The van der Waals surface area contributed by atoms with Crippen molar-refractivity contribution < 1.29 is 24.5 Å². The summed E-state index contributed by atoms with van der Waals surface area (Å²) < 4.78 is 4.93. The van der Waals surface area contributed by atoms with Crippen LogP contribution in [0.15, 0.2) is 21.3 Å². The molecule has 0 aliphatic heterocycles. The van der Waals surface area contributed by atoms with Gasteiger partial charge in [-0.2, -0.15) is 0 Å². The molecule has 1 aromatic heterocycles. The van der Waals surface area contributed by atoms with Crippen LogP contribution in [0, 0.1) is 6.92 Å². The molecule has 1 heterocycles. The monoisotopic (exact) mass is 250 g/mol. The lowest BCUT2D eigenvalue weighted by molar-refractivity contribution is -0.136. The number of phenolic OH excluding ortho intramolecular Hbond substituents is 2. The number of benzene rings is 1. The number of aliphatic carboxylic acids is 1. The number of rotatable bonds is 2. The van der Waals surface area contributed by atoms with Crippen LogP contribution in [0.25, 0.3) is 11.0 Å². The van der Waals surface area contributed by atoms with Gasteiger partial charge in [-0.1, -0.05) is 0 Å². The zero-order valence-corrected chi connectivity index (χ0v) is 9.43. The Morgan fingerprint density at radius 2 is 1.89 bits per heavy atom. The van der Waals surface area contributed by atoms with E-state index in [-0.39, 0.29) is 23.1 Å². The van der Waals surface area contributed by atoms with Crippen LogP contribution >= 0.6 is 0 Å². The number of carbonyl (C=O) groups is 1. The average molecular weight is 250 g/mol. The molecule has 0 radical (unpaired) electrons. The fourth-order valence-electron chi connectivity index (χ4n) is 1.76. The van der Waals surface area contributed by atoms with Crippen molar-refractivity contribution in [3.8, 4) is 11.5 Å². The molecule has 6 heteroatoms. The second-order valence-electron chi connectivity index (χ2n) is 3.90. The highest BCUT2D eigenvalue weighted by atomic mass is 16.4. The van der Waals surface area contributed by atoms with Crippen molar-refractivity contribution in [2.24, 2.45) is 0 Å². The minimum atomic E-state index is -1.10. The number of carboxylic acid groups (broad SMARTS) is 1. The lowest BCUT2D eigenvalue weighted by atomic mass is 10.0. The third-order valence-electron chi connectivity index (χ3n) is 2.69. The van der Waals surface area contributed by atoms with E-state index in [1.165, 1.54) is 13.0 Å². The number of fused-ring (bicyclic) bond motifs is 1. The van der Waals surface area contributed by atoms with Crippen molar-refractivity contribution in [1.29, 1.82) is 0 Å². The van der Waals surface area contributed by atoms with Gasteiger partial charge < -0.3 is 19.7 Å². The Bertz CT molecular complexity index is 698. The molecule has 3 N–H and O–H groups in total. The molecule has 94 valence electrons. The number of phenols is 2. The van der Waals surface area contributed by atoms with E-state index in [9.17, 15) is 19.8 Å². The molecule has 0 spiro atoms. The van der Waals surface area contributed by atoms with E-state index in [2.05, 4.69) is 0 Å². The number of aromatic hydroxyl groups is 2. The molecule has 18 heavy (non-hydrogen) atoms. The van der Waals surface area contributed by atoms with Gasteiger partial charge in [-0.15, -0.1) is 0 Å². The molecule has 0 saturated heterocycles. The maximum absolute atomic E-state index is 11.5. The van der Waals surface area contributed by atoms with Crippen molar-refractivity contribution in [3.63, 3.8) is 0 Å². The summed E-state index contributed by atoms with van der Waals surface area (Å²) in [5, 5.41) is 27.9. The summed E-state index contributed by atoms with van der Waals surface area (Å²) in [6.07, 6.45) is -0.363. The molecule has 6 nitrogen and oxygen atoms in total. The molecule has 0 unspecified atom stereocenters. The first-order valence-electron chi connectivity index (χ1n) is 5.10. The Labute approximate surface area is 101 Å². The van der Waals surface area contributed by atoms with E-state index in [4.69, 9.17) is 9.52 Å². The van der Waals surface area contributed by atoms with Crippen molar-refractivity contribution in [2.45, 2.75) is 13.3 Å². The van der Waals surface area contributed by atoms with Crippen molar-refractivity contribution in [1.82, 2.24) is 0 Å². The van der Waals surface area contributed by atoms with Crippen LogP contribution in [0.1, 0.15) is 11.1 Å². The van der Waals surface area contributed by atoms with E-state index in [1.807, 2.05) is 0 Å². The maximum atomic E-state index is 11.5. The second kappa shape index (κ2) is 4.06. The van der Waals surface area contributed by atoms with Gasteiger partial charge >= 0.3 is 11.6 Å². The molecular weight excluding hydrogens is 240 g/mol. The lowest BCUT2D eigenvalue weighted by Crippen LogP contribution is -2.11. The maximum Gasteiger partial charge on any atom is 0.339 e. The first-order valence-corrected chi connectivity index (χ1v) is 5.10. The summed E-state index contributed by atoms with van der Waals surface area (Å²) in [5.41, 5.74) is -0.181. The van der Waals surface area contributed by atoms with Crippen LogP contribution in [0.3, 0.4) is 0 Å². The van der Waals surface area contributed by atoms with Crippen LogP contribution in [0.2, 0.25) is 0 Å². The molecule has 0 bridgehead atoms. The highest BCUT2D eigenvalue weighted by Gasteiger charge is 2.16. The number of hydrogen-bond acceptors (Lipinski definition) is 5. The van der Waals surface area contributed by atoms with Gasteiger partial charge in [-0.25, -0.2) is 4.79 Å². The minimum Gasteiger partial charge on any atom is -0.504 e. The van der Waals surface area contributed by atoms with E-state index in [0.29, 0.717) is 5.39 Å². The van der Waals surface area contributed by atoms with Gasteiger partial charge in [0.25, 0.3) is 0 Å². The van der Waals surface area contributed by atoms with Gasteiger partial charge in [0.2, 0.25) is 0 Å². The molecule has 0 saturated carbocycles. The summed E-state index contributed by atoms with van der Waals surface area (Å²) >= 11 is 0. The third kappa shape index (κ3) is 1.88. The van der Waals surface area contributed by atoms with Gasteiger partial charge in [0.15, 0.2) is 11.5 Å². The molecule has 0 atom stereocenters. The molecule has 1 aromatic carbocycles. The van der Waals surface area contributed by atoms with Crippen LogP contribution in [0.5, 0.6) is 11.5 Å². The summed E-state index contributed by atoms with van der Waals surface area (Å²) in [6.45, 7) is 1.45. The predicted octanol–water partition coefficient (Wildman–Crippen LogP) is 1.14. The SMILES string of the molecule is Cc1c(CC(=O)O)c2cc(O)c(O)cc2oc1=O. The number of carboxylic acids is 1. The smallest absolute Gasteiger partial charge is 0.339 e. The third-order valence-corrected chi connectivity index (χ3v) is 2.69. The molecule has 2 aromatic rings. The Balaban J connectivity index is 2.87. The first-order chi connectivity index (χ1) is 8.40. The van der Waals surface area contributed by atoms with E-state index < -0.39 is 23.1 Å². The van der Waals surface area contributed by atoms with Crippen LogP contribution in [-0.4, -0.2) is 21.3 Å². The zero-order valence-electron chi connectivity index (χ0n) is 9.43. The minimum absolute atomic E-state index is 0.0390. The van der Waals surface area contributed by atoms with Crippen molar-refractivity contribution >= 4 is 16.9 Å². The van der Waals surface area contributed by atoms with E-state index >= 15 is 0 Å². The van der Waals surface area contributed by atoms with Crippen LogP contribution < -0.4 is 5.63 Å². The fourth-order valence-corrected chi connectivity index (χ4v) is 1.76. The van der Waals surface area contributed by atoms with Crippen LogP contribution in [-0.2, 0) is 11.2 Å². The van der Waals surface area contributed by atoms with Gasteiger partial charge in [0.1, 0.15) is 5.58 Å². The fraction of sp³-hybridized carbons (Fsp3) is 0.167. The molecule has 2 rings (SSSR count). The Morgan fingerprint density at radius 3 is 2.50 bits per heavy atom. The molecule has 0 fully saturated rings. The van der Waals surface area contributed by atoms with Gasteiger partial charge in [0.05, 0.1) is 6.42 Å². The van der Waals surface area contributed by atoms with Crippen LogP contribution in [0.4, 0.5) is 0 Å². The Morgan fingerprint density at radius 1 is 1.28 bits per heavy atom. The summed E-state index contributed by atoms with van der Waals surface area (Å²) in [7, 11) is 0. The van der Waals surface area contributed by atoms with Gasteiger partial charge in [0, 0.05) is 17.0 Å². The Kier molecular flexibility index (Phi) is 2.70. The highest BCUT2D eigenvalue weighted by molar-refractivity contribution is 5.88. The predicted molar refractivity (Wildman–Crippen MR) is 61.9 cm³/mol. The number of hydrogen-bond donors (Lipinski definition) is 3. The normalized spacial score (nSPS) is 10.7. The largest absolute Gasteiger partial charge is 0.504 e. The average Bonchev–Trinajstić information content (AvgIpc) is 2.28. The summed E-state index contributed by atoms with van der Waals surface area (Å²) in [5.74, 6) is -1.93. The lowest BCUT2D eigenvalue weighted by Gasteiger charge is -2.07. The standard InChI is InChI=1S/C12H10O6/c1-5-6(3-11(15)16)7-2-8(13)9(14)4-10(7)18-12(5)17/h2,4,13-14H,3H2,1H3,(H,15,16). The topological polar surface area (TPSA) is 108 Å². The van der Waals surface area contributed by atoms with Crippen molar-refractivity contribution in [3.05, 3.63) is 33.7 Å². The molecule has 0 aliphatic carbocycles. The van der Waals surface area contributed by atoms with Gasteiger partial charge in [-0.05, 0) is 18.6 Å².